The summed E-state index contributed by atoms with van der Waals surface area (Å²) in [5.41, 5.74) is 5.62. The van der Waals surface area contributed by atoms with Crippen molar-refractivity contribution in [3.8, 4) is 17.0 Å². The third kappa shape index (κ3) is 6.41. The number of carboxylic acid groups (broad SMARTS) is 1. The van der Waals surface area contributed by atoms with E-state index < -0.39 is 5.97 Å². The summed E-state index contributed by atoms with van der Waals surface area (Å²) in [4.78, 5) is 33.6. The second-order valence-electron chi connectivity index (χ2n) is 11.4. The van der Waals surface area contributed by atoms with Gasteiger partial charge in [0.1, 0.15) is 12.4 Å². The van der Waals surface area contributed by atoms with Crippen LogP contribution < -0.4 is 9.64 Å². The van der Waals surface area contributed by atoms with Crippen molar-refractivity contribution < 1.29 is 24.2 Å². The number of thiazole rings is 1. The van der Waals surface area contributed by atoms with Crippen LogP contribution in [-0.2, 0) is 16.1 Å². The highest BCUT2D eigenvalue weighted by molar-refractivity contribution is 7.14. The lowest BCUT2D eigenvalue weighted by atomic mass is 9.85. The second kappa shape index (κ2) is 12.6. The van der Waals surface area contributed by atoms with E-state index in [0.29, 0.717) is 25.3 Å². The van der Waals surface area contributed by atoms with Crippen LogP contribution >= 0.6 is 11.3 Å². The summed E-state index contributed by atoms with van der Waals surface area (Å²) < 4.78 is 11.4. The first-order valence-electron chi connectivity index (χ1n) is 14.3. The van der Waals surface area contributed by atoms with E-state index in [0.717, 1.165) is 71.2 Å². The van der Waals surface area contributed by atoms with E-state index in [4.69, 9.17) is 14.5 Å². The smallest absolute Gasteiger partial charge is 0.307 e. The minimum atomic E-state index is -0.653. The average Bonchev–Trinajstić information content (AvgIpc) is 3.55. The molecule has 2 unspecified atom stereocenters. The summed E-state index contributed by atoms with van der Waals surface area (Å²) in [6.45, 7) is 7.21. The number of anilines is 1. The summed E-state index contributed by atoms with van der Waals surface area (Å²) >= 11 is 1.61. The Bertz CT molecular complexity index is 1390. The quantitative estimate of drug-likeness (QED) is 0.294. The monoisotopic (exact) mass is 577 g/mol. The van der Waals surface area contributed by atoms with Gasteiger partial charge in [0.25, 0.3) is 5.91 Å². The van der Waals surface area contributed by atoms with Crippen LogP contribution in [0.3, 0.4) is 0 Å². The molecule has 1 aliphatic heterocycles. The molecular weight excluding hydrogens is 538 g/mol. The molecule has 2 fully saturated rings. The molecule has 41 heavy (non-hydrogen) atoms. The molecule has 3 aromatic rings. The number of hydrogen-bond acceptors (Lipinski definition) is 7. The molecule has 9 heteroatoms. The number of fused-ring (bicyclic) bond motifs is 2. The molecule has 0 spiro atoms. The molecule has 1 amide bonds. The SMILES string of the molecule is COCCCN(C)C(=O)c1ccc(COc2ccc(C)cc2-c2csc(N3CC4CCC(C3)C4C(=O)O)n2)c(C)c1. The van der Waals surface area contributed by atoms with Crippen molar-refractivity contribution >= 4 is 28.3 Å². The summed E-state index contributed by atoms with van der Waals surface area (Å²) in [6.07, 6.45) is 2.75. The van der Waals surface area contributed by atoms with Crippen molar-refractivity contribution in [2.24, 2.45) is 17.8 Å². The van der Waals surface area contributed by atoms with Crippen LogP contribution in [0.5, 0.6) is 5.75 Å². The second-order valence-corrected chi connectivity index (χ2v) is 12.2. The Balaban J connectivity index is 1.27. The number of carbonyl (C=O) groups is 2. The Morgan fingerprint density at radius 2 is 1.88 bits per heavy atom. The summed E-state index contributed by atoms with van der Waals surface area (Å²) in [5.74, 6) is 0.265. The maximum Gasteiger partial charge on any atom is 0.307 e. The topological polar surface area (TPSA) is 92.2 Å². The predicted molar refractivity (Wildman–Crippen MR) is 161 cm³/mol. The lowest BCUT2D eigenvalue weighted by Gasteiger charge is -2.35. The van der Waals surface area contributed by atoms with E-state index in [1.54, 1.807) is 23.3 Å². The predicted octanol–water partition coefficient (Wildman–Crippen LogP) is 5.66. The fourth-order valence-corrected chi connectivity index (χ4v) is 7.05. The number of aryl methyl sites for hydroxylation is 2. The zero-order chi connectivity index (χ0) is 29.1. The number of rotatable bonds is 11. The molecule has 1 aliphatic carbocycles. The maximum atomic E-state index is 12.8. The molecule has 5 rings (SSSR count). The first kappa shape index (κ1) is 29.1. The Morgan fingerprint density at radius 1 is 1.12 bits per heavy atom. The van der Waals surface area contributed by atoms with Crippen LogP contribution in [-0.4, -0.2) is 67.3 Å². The Hall–Kier alpha value is -3.43. The molecule has 1 saturated carbocycles. The first-order chi connectivity index (χ1) is 19.7. The van der Waals surface area contributed by atoms with Gasteiger partial charge in [-0.2, -0.15) is 0 Å². The number of benzene rings is 2. The Kier molecular flexibility index (Phi) is 8.94. The fraction of sp³-hybridized carbons (Fsp3) is 0.469. The highest BCUT2D eigenvalue weighted by atomic mass is 32.1. The van der Waals surface area contributed by atoms with E-state index in [1.165, 1.54) is 0 Å². The van der Waals surface area contributed by atoms with Crippen LogP contribution in [0.25, 0.3) is 11.3 Å². The summed E-state index contributed by atoms with van der Waals surface area (Å²) in [6, 6.07) is 11.9. The molecule has 1 N–H and O–H groups in total. The number of methoxy groups -OCH3 is 1. The molecule has 2 atom stereocenters. The van der Waals surface area contributed by atoms with E-state index in [-0.39, 0.29) is 23.7 Å². The molecular formula is C32H39N3O5S. The van der Waals surface area contributed by atoms with Crippen molar-refractivity contribution in [1.82, 2.24) is 9.88 Å². The van der Waals surface area contributed by atoms with Gasteiger partial charge >= 0.3 is 5.97 Å². The Morgan fingerprint density at radius 3 is 2.56 bits per heavy atom. The largest absolute Gasteiger partial charge is 0.488 e. The number of amides is 1. The van der Waals surface area contributed by atoms with Crippen LogP contribution in [0, 0.1) is 31.6 Å². The third-order valence-corrected chi connectivity index (χ3v) is 9.36. The van der Waals surface area contributed by atoms with E-state index in [2.05, 4.69) is 23.3 Å². The number of aliphatic carboxylic acids is 1. The molecule has 1 aromatic heterocycles. The number of nitrogens with zero attached hydrogens (tertiary/aromatic N) is 3. The van der Waals surface area contributed by atoms with Crippen molar-refractivity contribution in [2.75, 3.05) is 45.3 Å². The molecule has 2 aromatic carbocycles. The third-order valence-electron chi connectivity index (χ3n) is 8.45. The molecule has 218 valence electrons. The number of hydrogen-bond donors (Lipinski definition) is 1. The average molecular weight is 578 g/mol. The standard InChI is InChI=1S/C32H39N3O5S/c1-20-6-11-28(40-18-25-10-7-22(15-21(25)2)30(36)34(3)12-5-13-39-4)26(14-20)27-19-41-32(33-27)35-16-23-8-9-24(17-35)29(23)31(37)38/h6-7,10-11,14-15,19,23-24,29H,5,8-9,12-13,16-18H2,1-4H3,(H,37,38). The number of piperidine rings is 1. The van der Waals surface area contributed by atoms with E-state index in [1.807, 2.05) is 44.3 Å². The van der Waals surface area contributed by atoms with Gasteiger partial charge in [-0.1, -0.05) is 17.7 Å². The van der Waals surface area contributed by atoms with Gasteiger partial charge < -0.3 is 24.4 Å². The van der Waals surface area contributed by atoms with Gasteiger partial charge in [-0.25, -0.2) is 4.98 Å². The molecule has 2 aliphatic rings. The number of carboxylic acids is 1. The number of carbonyl (C=O) groups excluding carboxylic acids is 1. The molecule has 2 heterocycles. The van der Waals surface area contributed by atoms with Crippen LogP contribution in [0.2, 0.25) is 0 Å². The minimum absolute atomic E-state index is 0.00276. The van der Waals surface area contributed by atoms with Gasteiger partial charge in [0.2, 0.25) is 0 Å². The lowest BCUT2D eigenvalue weighted by Crippen LogP contribution is -2.44. The summed E-state index contributed by atoms with van der Waals surface area (Å²) in [5, 5.41) is 12.7. The molecule has 8 nitrogen and oxygen atoms in total. The van der Waals surface area contributed by atoms with Gasteiger partial charge in [0.15, 0.2) is 5.13 Å². The van der Waals surface area contributed by atoms with Crippen molar-refractivity contribution in [3.63, 3.8) is 0 Å². The minimum Gasteiger partial charge on any atom is -0.488 e. The highest BCUT2D eigenvalue weighted by Crippen LogP contribution is 2.44. The van der Waals surface area contributed by atoms with Crippen molar-refractivity contribution in [1.29, 1.82) is 0 Å². The van der Waals surface area contributed by atoms with Crippen molar-refractivity contribution in [3.05, 3.63) is 64.0 Å². The van der Waals surface area contributed by atoms with Crippen LogP contribution in [0.4, 0.5) is 5.13 Å². The van der Waals surface area contributed by atoms with Gasteiger partial charge in [0, 0.05) is 56.9 Å². The maximum absolute atomic E-state index is 12.8. The van der Waals surface area contributed by atoms with Crippen LogP contribution in [0.1, 0.15) is 46.3 Å². The van der Waals surface area contributed by atoms with Gasteiger partial charge in [-0.15, -0.1) is 11.3 Å². The highest BCUT2D eigenvalue weighted by Gasteiger charge is 2.46. The molecule has 1 saturated heterocycles. The number of aromatic nitrogens is 1. The summed E-state index contributed by atoms with van der Waals surface area (Å²) in [7, 11) is 3.48. The zero-order valence-corrected chi connectivity index (χ0v) is 25.1. The van der Waals surface area contributed by atoms with E-state index in [9.17, 15) is 14.7 Å². The van der Waals surface area contributed by atoms with Gasteiger partial charge in [-0.05, 0) is 80.3 Å². The lowest BCUT2D eigenvalue weighted by molar-refractivity contribution is -0.144. The van der Waals surface area contributed by atoms with Crippen molar-refractivity contribution in [2.45, 2.75) is 39.7 Å². The molecule has 2 bridgehead atoms. The normalized spacial score (nSPS) is 19.8. The van der Waals surface area contributed by atoms with Crippen LogP contribution in [0.15, 0.2) is 41.8 Å². The number of ether oxygens (including phenoxy) is 2. The molecule has 0 radical (unpaired) electrons. The Labute approximate surface area is 245 Å². The fourth-order valence-electron chi connectivity index (χ4n) is 6.20. The van der Waals surface area contributed by atoms with E-state index >= 15 is 0 Å². The van der Waals surface area contributed by atoms with Gasteiger partial charge in [-0.3, -0.25) is 9.59 Å². The first-order valence-corrected chi connectivity index (χ1v) is 15.1. The van der Waals surface area contributed by atoms with Gasteiger partial charge in [0.05, 0.1) is 11.6 Å². The zero-order valence-electron chi connectivity index (χ0n) is 24.3.